The van der Waals surface area contributed by atoms with E-state index in [1.807, 2.05) is 18.2 Å². The third-order valence-corrected chi connectivity index (χ3v) is 3.09. The van der Waals surface area contributed by atoms with Gasteiger partial charge in [-0.2, -0.15) is 0 Å². The van der Waals surface area contributed by atoms with E-state index in [0.29, 0.717) is 0 Å². The van der Waals surface area contributed by atoms with Crippen LogP contribution in [0.25, 0.3) is 0 Å². The SMILES string of the molecule is CCN(CC)[S+](C)(C)=O. The van der Waals surface area contributed by atoms with Crippen molar-refractivity contribution in [3.05, 3.63) is 0 Å². The van der Waals surface area contributed by atoms with Crippen LogP contribution in [0.3, 0.4) is 0 Å². The van der Waals surface area contributed by atoms with Gasteiger partial charge in [-0.1, -0.05) is 4.21 Å². The molecule has 0 spiro atoms. The highest BCUT2D eigenvalue weighted by atomic mass is 32.3. The van der Waals surface area contributed by atoms with Crippen LogP contribution in [-0.2, 0) is 14.3 Å². The third-order valence-electron chi connectivity index (χ3n) is 1.33. The Hall–Kier alpha value is 0.110. The molecule has 0 radical (unpaired) electrons. The maximum Gasteiger partial charge on any atom is 0.152 e. The van der Waals surface area contributed by atoms with E-state index in [0.717, 1.165) is 13.1 Å². The Morgan fingerprint density at radius 3 is 1.56 bits per heavy atom. The summed E-state index contributed by atoms with van der Waals surface area (Å²) in [4.78, 5) is 0. The molecular formula is C6H16NOS+. The standard InChI is InChI=1S/C6H16NOS/c1-5-7(6-2)9(3,4)8/h5-6H2,1-4H3/q+1. The molecular weight excluding hydrogens is 134 g/mol. The van der Waals surface area contributed by atoms with E-state index in [1.165, 1.54) is 0 Å². The predicted molar refractivity (Wildman–Crippen MR) is 42.8 cm³/mol. The number of nitrogens with zero attached hydrogens (tertiary/aromatic N) is 1. The van der Waals surface area contributed by atoms with Gasteiger partial charge in [-0.15, -0.1) is 4.31 Å². The molecule has 0 heterocycles. The molecule has 0 unspecified atom stereocenters. The molecule has 0 saturated carbocycles. The number of hydrogen-bond acceptors (Lipinski definition) is 1. The Morgan fingerprint density at radius 1 is 1.22 bits per heavy atom. The quantitative estimate of drug-likeness (QED) is 0.550. The Bertz CT molecular complexity index is 114. The molecule has 0 aliphatic heterocycles. The van der Waals surface area contributed by atoms with Crippen molar-refractivity contribution in [3.63, 3.8) is 0 Å². The highest BCUT2D eigenvalue weighted by Crippen LogP contribution is 2.02. The highest BCUT2D eigenvalue weighted by molar-refractivity contribution is 7.99. The lowest BCUT2D eigenvalue weighted by Gasteiger charge is -2.15. The van der Waals surface area contributed by atoms with Gasteiger partial charge in [0.15, 0.2) is 10.1 Å². The molecule has 0 N–H and O–H groups in total. The van der Waals surface area contributed by atoms with Crippen LogP contribution in [0.4, 0.5) is 0 Å². The fraction of sp³-hybridized carbons (Fsp3) is 1.00. The average Bonchev–Trinajstić information content (AvgIpc) is 1.65. The molecule has 0 saturated heterocycles. The molecule has 0 rings (SSSR count). The van der Waals surface area contributed by atoms with E-state index in [2.05, 4.69) is 0 Å². The lowest BCUT2D eigenvalue weighted by atomic mass is 10.7. The average molecular weight is 150 g/mol. The molecule has 2 nitrogen and oxygen atoms in total. The van der Waals surface area contributed by atoms with Gasteiger partial charge in [0.05, 0.1) is 0 Å². The van der Waals surface area contributed by atoms with Gasteiger partial charge in [0, 0.05) is 13.1 Å². The van der Waals surface area contributed by atoms with Crippen LogP contribution >= 0.6 is 0 Å². The minimum atomic E-state index is -1.68. The first kappa shape index (κ1) is 9.11. The van der Waals surface area contributed by atoms with Crippen molar-refractivity contribution in [2.75, 3.05) is 25.6 Å². The Morgan fingerprint density at radius 2 is 1.56 bits per heavy atom. The predicted octanol–water partition coefficient (Wildman–Crippen LogP) is 1.00. The Balaban J connectivity index is 3.96. The lowest BCUT2D eigenvalue weighted by molar-refractivity contribution is 0.465. The van der Waals surface area contributed by atoms with Gasteiger partial charge in [-0.25, -0.2) is 0 Å². The van der Waals surface area contributed by atoms with Crippen LogP contribution in [0.15, 0.2) is 0 Å². The smallest absolute Gasteiger partial charge is 0.126 e. The second kappa shape index (κ2) is 3.32. The van der Waals surface area contributed by atoms with Crippen molar-refractivity contribution in [3.8, 4) is 0 Å². The van der Waals surface area contributed by atoms with Gasteiger partial charge in [0.25, 0.3) is 0 Å². The van der Waals surface area contributed by atoms with E-state index in [1.54, 1.807) is 12.5 Å². The van der Waals surface area contributed by atoms with Crippen molar-refractivity contribution in [2.45, 2.75) is 13.8 Å². The maximum atomic E-state index is 11.3. The Kier molecular flexibility index (Phi) is 3.36. The summed E-state index contributed by atoms with van der Waals surface area (Å²) in [5.41, 5.74) is 0. The van der Waals surface area contributed by atoms with E-state index < -0.39 is 10.1 Å². The van der Waals surface area contributed by atoms with Gasteiger partial charge in [-0.3, -0.25) is 0 Å². The summed E-state index contributed by atoms with van der Waals surface area (Å²) in [5.74, 6) is 0. The summed E-state index contributed by atoms with van der Waals surface area (Å²) in [6.45, 7) is 5.80. The maximum absolute atomic E-state index is 11.3. The second-order valence-electron chi connectivity index (χ2n) is 2.30. The minimum absolute atomic E-state index is 0.877. The molecule has 0 fully saturated rings. The van der Waals surface area contributed by atoms with Crippen LogP contribution < -0.4 is 0 Å². The summed E-state index contributed by atoms with van der Waals surface area (Å²) in [7, 11) is -1.68. The first-order valence-corrected chi connectivity index (χ1v) is 5.54. The molecule has 0 aromatic heterocycles. The van der Waals surface area contributed by atoms with E-state index in [4.69, 9.17) is 0 Å². The zero-order chi connectivity index (χ0) is 7.49. The van der Waals surface area contributed by atoms with Crippen molar-refractivity contribution in [1.82, 2.24) is 4.31 Å². The summed E-state index contributed by atoms with van der Waals surface area (Å²) in [6.07, 6.45) is 3.56. The lowest BCUT2D eigenvalue weighted by Crippen LogP contribution is -2.33. The molecule has 0 bridgehead atoms. The largest absolute Gasteiger partial charge is 0.152 e. The monoisotopic (exact) mass is 150 g/mol. The van der Waals surface area contributed by atoms with Crippen LogP contribution in [-0.4, -0.2) is 29.9 Å². The third kappa shape index (κ3) is 2.96. The van der Waals surface area contributed by atoms with Gasteiger partial charge < -0.3 is 0 Å². The number of rotatable bonds is 3. The van der Waals surface area contributed by atoms with Crippen molar-refractivity contribution >= 4 is 10.1 Å². The second-order valence-corrected chi connectivity index (χ2v) is 5.17. The molecule has 0 aliphatic carbocycles. The zero-order valence-corrected chi connectivity index (χ0v) is 7.49. The normalized spacial score (nSPS) is 12.6. The van der Waals surface area contributed by atoms with Gasteiger partial charge in [0.1, 0.15) is 12.5 Å². The van der Waals surface area contributed by atoms with E-state index >= 15 is 0 Å². The van der Waals surface area contributed by atoms with Crippen LogP contribution in [0.2, 0.25) is 0 Å². The molecule has 0 aromatic rings. The van der Waals surface area contributed by atoms with Crippen LogP contribution in [0.1, 0.15) is 13.8 Å². The van der Waals surface area contributed by atoms with Gasteiger partial charge in [0.2, 0.25) is 0 Å². The van der Waals surface area contributed by atoms with E-state index in [9.17, 15) is 4.21 Å². The molecule has 9 heavy (non-hydrogen) atoms. The number of hydrogen-bond donors (Lipinski definition) is 0. The molecule has 0 amide bonds. The van der Waals surface area contributed by atoms with Gasteiger partial charge >= 0.3 is 0 Å². The summed E-state index contributed by atoms with van der Waals surface area (Å²) < 4.78 is 13.2. The highest BCUT2D eigenvalue weighted by Gasteiger charge is 2.20. The van der Waals surface area contributed by atoms with E-state index in [-0.39, 0.29) is 0 Å². The van der Waals surface area contributed by atoms with Crippen molar-refractivity contribution < 1.29 is 4.21 Å². The molecule has 0 atom stereocenters. The Labute approximate surface area is 58.8 Å². The summed E-state index contributed by atoms with van der Waals surface area (Å²) in [6, 6.07) is 0. The van der Waals surface area contributed by atoms with Crippen LogP contribution in [0.5, 0.6) is 0 Å². The zero-order valence-electron chi connectivity index (χ0n) is 6.68. The molecule has 0 aliphatic rings. The minimum Gasteiger partial charge on any atom is -0.126 e. The topological polar surface area (TPSA) is 20.3 Å². The molecule has 56 valence electrons. The van der Waals surface area contributed by atoms with Crippen molar-refractivity contribution in [1.29, 1.82) is 0 Å². The first-order valence-electron chi connectivity index (χ1n) is 3.21. The molecule has 3 heteroatoms. The summed E-state index contributed by atoms with van der Waals surface area (Å²) in [5, 5.41) is 0. The van der Waals surface area contributed by atoms with Crippen molar-refractivity contribution in [2.24, 2.45) is 0 Å². The fourth-order valence-corrected chi connectivity index (χ4v) is 2.09. The summed E-state index contributed by atoms with van der Waals surface area (Å²) >= 11 is 0. The molecule has 0 aromatic carbocycles. The first-order chi connectivity index (χ1) is 4.02. The van der Waals surface area contributed by atoms with Gasteiger partial charge in [-0.05, 0) is 13.8 Å². The fourth-order valence-electron chi connectivity index (χ4n) is 0.845. The van der Waals surface area contributed by atoms with Crippen LogP contribution in [0, 0.1) is 0 Å².